The minimum atomic E-state index is -3.02. The van der Waals surface area contributed by atoms with Crippen molar-refractivity contribution in [3.05, 3.63) is 29.3 Å². The van der Waals surface area contributed by atoms with Crippen LogP contribution in [0.1, 0.15) is 36.8 Å². The zero-order chi connectivity index (χ0) is 17.3. The van der Waals surface area contributed by atoms with Crippen molar-refractivity contribution in [1.29, 1.82) is 0 Å². The Morgan fingerprint density at radius 3 is 2.88 bits per heavy atom. The second-order valence-electron chi connectivity index (χ2n) is 6.50. The standard InChI is InChI=1S/C16H21N3O3S2/c1-11(2)9-17-16(20)13-8-14(15-4-3-6-23-15)19(18-13)12-5-7-24(21,22)10-12/h3-4,6,8,11-12H,5,7,9-10H2,1-2H3,(H,17,20)/t12-/m1/s1. The maximum atomic E-state index is 12.3. The highest BCUT2D eigenvalue weighted by Crippen LogP contribution is 2.32. The van der Waals surface area contributed by atoms with E-state index >= 15 is 0 Å². The fourth-order valence-corrected chi connectivity index (χ4v) is 5.17. The van der Waals surface area contributed by atoms with Crippen LogP contribution in [0, 0.1) is 5.92 Å². The second kappa shape index (κ2) is 6.68. The predicted octanol–water partition coefficient (Wildman–Crippen LogP) is 2.36. The molecule has 6 nitrogen and oxygen atoms in total. The molecule has 0 unspecified atom stereocenters. The summed E-state index contributed by atoms with van der Waals surface area (Å²) in [7, 11) is -3.02. The summed E-state index contributed by atoms with van der Waals surface area (Å²) in [4.78, 5) is 13.3. The molecule has 1 fully saturated rings. The summed E-state index contributed by atoms with van der Waals surface area (Å²) in [5.74, 6) is 0.394. The van der Waals surface area contributed by atoms with E-state index in [-0.39, 0.29) is 23.5 Å². The Bertz CT molecular complexity index is 823. The number of nitrogens with zero attached hydrogens (tertiary/aromatic N) is 2. The Morgan fingerprint density at radius 1 is 1.50 bits per heavy atom. The summed E-state index contributed by atoms with van der Waals surface area (Å²) in [6.45, 7) is 4.64. The van der Waals surface area contributed by atoms with Gasteiger partial charge in [0.05, 0.1) is 28.1 Å². The molecule has 1 amide bonds. The molecular formula is C16H21N3O3S2. The summed E-state index contributed by atoms with van der Waals surface area (Å²) in [6.07, 6.45) is 0.537. The van der Waals surface area contributed by atoms with Gasteiger partial charge in [-0.05, 0) is 29.9 Å². The van der Waals surface area contributed by atoms with Gasteiger partial charge >= 0.3 is 0 Å². The van der Waals surface area contributed by atoms with Crippen molar-refractivity contribution in [3.63, 3.8) is 0 Å². The molecule has 3 heterocycles. The van der Waals surface area contributed by atoms with Crippen molar-refractivity contribution in [2.24, 2.45) is 5.92 Å². The molecule has 0 aliphatic carbocycles. The van der Waals surface area contributed by atoms with Gasteiger partial charge in [-0.15, -0.1) is 11.3 Å². The molecule has 2 aromatic heterocycles. The first-order chi connectivity index (χ1) is 11.4. The fraction of sp³-hybridized carbons (Fsp3) is 0.500. The maximum Gasteiger partial charge on any atom is 0.271 e. The molecule has 1 saturated heterocycles. The molecule has 0 spiro atoms. The second-order valence-corrected chi connectivity index (χ2v) is 9.67. The smallest absolute Gasteiger partial charge is 0.271 e. The fourth-order valence-electron chi connectivity index (χ4n) is 2.75. The predicted molar refractivity (Wildman–Crippen MR) is 95.0 cm³/mol. The largest absolute Gasteiger partial charge is 0.350 e. The van der Waals surface area contributed by atoms with Crippen molar-refractivity contribution in [2.75, 3.05) is 18.1 Å². The van der Waals surface area contributed by atoms with Gasteiger partial charge in [0.2, 0.25) is 0 Å². The number of rotatable bonds is 5. The number of thiophene rings is 1. The summed E-state index contributed by atoms with van der Waals surface area (Å²) >= 11 is 1.55. The van der Waals surface area contributed by atoms with Gasteiger partial charge in [-0.2, -0.15) is 5.10 Å². The van der Waals surface area contributed by atoms with Crippen LogP contribution in [0.25, 0.3) is 10.6 Å². The Hall–Kier alpha value is -1.67. The van der Waals surface area contributed by atoms with Gasteiger partial charge in [-0.3, -0.25) is 9.48 Å². The average molecular weight is 367 g/mol. The first-order valence-corrected chi connectivity index (χ1v) is 10.7. The first kappa shape index (κ1) is 17.2. The molecule has 0 aromatic carbocycles. The van der Waals surface area contributed by atoms with Gasteiger partial charge in [-0.1, -0.05) is 19.9 Å². The topological polar surface area (TPSA) is 81.1 Å². The van der Waals surface area contributed by atoms with Crippen molar-refractivity contribution >= 4 is 27.1 Å². The summed E-state index contributed by atoms with van der Waals surface area (Å²) in [6, 6.07) is 5.43. The number of amides is 1. The van der Waals surface area contributed by atoms with Crippen LogP contribution in [0.5, 0.6) is 0 Å². The molecular weight excluding hydrogens is 346 g/mol. The molecule has 1 aliphatic rings. The zero-order valence-electron chi connectivity index (χ0n) is 13.7. The van der Waals surface area contributed by atoms with E-state index in [1.54, 1.807) is 22.1 Å². The quantitative estimate of drug-likeness (QED) is 0.880. The van der Waals surface area contributed by atoms with Crippen molar-refractivity contribution in [3.8, 4) is 10.6 Å². The SMILES string of the molecule is CC(C)CNC(=O)c1cc(-c2cccs2)n([C@@H]2CCS(=O)(=O)C2)n1. The van der Waals surface area contributed by atoms with E-state index in [1.165, 1.54) is 0 Å². The molecule has 3 rings (SSSR count). The zero-order valence-corrected chi connectivity index (χ0v) is 15.4. The van der Waals surface area contributed by atoms with Gasteiger partial charge < -0.3 is 5.32 Å². The number of nitrogens with one attached hydrogen (secondary N) is 1. The Labute approximate surface area is 145 Å². The molecule has 2 aromatic rings. The van der Waals surface area contributed by atoms with Crippen LogP contribution >= 0.6 is 11.3 Å². The van der Waals surface area contributed by atoms with Crippen molar-refractivity contribution in [1.82, 2.24) is 15.1 Å². The van der Waals surface area contributed by atoms with Crippen LogP contribution < -0.4 is 5.32 Å². The number of carbonyl (C=O) groups excluding carboxylic acids is 1. The molecule has 1 N–H and O–H groups in total. The maximum absolute atomic E-state index is 12.3. The van der Waals surface area contributed by atoms with E-state index in [2.05, 4.69) is 10.4 Å². The van der Waals surface area contributed by atoms with Crippen LogP contribution in [-0.4, -0.2) is 42.2 Å². The van der Waals surface area contributed by atoms with E-state index in [1.807, 2.05) is 31.4 Å². The van der Waals surface area contributed by atoms with Gasteiger partial charge in [0.25, 0.3) is 5.91 Å². The Morgan fingerprint density at radius 2 is 2.29 bits per heavy atom. The third-order valence-electron chi connectivity index (χ3n) is 3.97. The van der Waals surface area contributed by atoms with Crippen LogP contribution in [0.3, 0.4) is 0 Å². The third-order valence-corrected chi connectivity index (χ3v) is 6.61. The van der Waals surface area contributed by atoms with Crippen molar-refractivity contribution in [2.45, 2.75) is 26.3 Å². The molecule has 0 radical (unpaired) electrons. The van der Waals surface area contributed by atoms with Gasteiger partial charge in [0.1, 0.15) is 0 Å². The lowest BCUT2D eigenvalue weighted by atomic mass is 10.2. The molecule has 1 aliphatic heterocycles. The summed E-state index contributed by atoms with van der Waals surface area (Å²) < 4.78 is 25.3. The minimum absolute atomic E-state index is 0.0834. The van der Waals surface area contributed by atoms with Crippen molar-refractivity contribution < 1.29 is 13.2 Å². The summed E-state index contributed by atoms with van der Waals surface area (Å²) in [5, 5.41) is 9.25. The minimum Gasteiger partial charge on any atom is -0.350 e. The molecule has 1 atom stereocenters. The summed E-state index contributed by atoms with van der Waals surface area (Å²) in [5.41, 5.74) is 1.14. The van der Waals surface area contributed by atoms with E-state index < -0.39 is 9.84 Å². The lowest BCUT2D eigenvalue weighted by Gasteiger charge is -2.12. The van der Waals surface area contributed by atoms with E-state index in [4.69, 9.17) is 0 Å². The van der Waals surface area contributed by atoms with Gasteiger partial charge in [0, 0.05) is 6.54 Å². The number of hydrogen-bond donors (Lipinski definition) is 1. The first-order valence-electron chi connectivity index (χ1n) is 7.98. The molecule has 8 heteroatoms. The highest BCUT2D eigenvalue weighted by Gasteiger charge is 2.32. The highest BCUT2D eigenvalue weighted by atomic mass is 32.2. The van der Waals surface area contributed by atoms with Crippen LogP contribution in [0.15, 0.2) is 23.6 Å². The van der Waals surface area contributed by atoms with Crippen LogP contribution in [0.4, 0.5) is 0 Å². The lowest BCUT2D eigenvalue weighted by Crippen LogP contribution is -2.28. The normalized spacial score (nSPS) is 19.7. The molecule has 24 heavy (non-hydrogen) atoms. The average Bonchev–Trinajstić information content (AvgIpc) is 3.22. The lowest BCUT2D eigenvalue weighted by molar-refractivity contribution is 0.0943. The van der Waals surface area contributed by atoms with Crippen LogP contribution in [0.2, 0.25) is 0 Å². The van der Waals surface area contributed by atoms with E-state index in [9.17, 15) is 13.2 Å². The number of aromatic nitrogens is 2. The van der Waals surface area contributed by atoms with Crippen LogP contribution in [-0.2, 0) is 9.84 Å². The van der Waals surface area contributed by atoms with E-state index in [0.717, 1.165) is 10.6 Å². The monoisotopic (exact) mass is 367 g/mol. The number of hydrogen-bond acceptors (Lipinski definition) is 5. The molecule has 0 saturated carbocycles. The number of carbonyl (C=O) groups is 1. The Kier molecular flexibility index (Phi) is 4.78. The highest BCUT2D eigenvalue weighted by molar-refractivity contribution is 7.91. The number of sulfone groups is 1. The van der Waals surface area contributed by atoms with Gasteiger partial charge in [0.15, 0.2) is 15.5 Å². The molecule has 130 valence electrons. The van der Waals surface area contributed by atoms with E-state index in [0.29, 0.717) is 24.6 Å². The third kappa shape index (κ3) is 3.70. The Balaban J connectivity index is 1.93. The molecule has 0 bridgehead atoms. The van der Waals surface area contributed by atoms with Gasteiger partial charge in [-0.25, -0.2) is 8.42 Å².